The smallest absolute Gasteiger partial charge is 0.223 e. The molecule has 0 radical (unpaired) electrons. The molecule has 0 aromatic rings. The zero-order valence-corrected chi connectivity index (χ0v) is 12.2. The summed E-state index contributed by atoms with van der Waals surface area (Å²) < 4.78 is 0. The fourth-order valence-corrected chi connectivity index (χ4v) is 4.68. The third kappa shape index (κ3) is 2.67. The van der Waals surface area contributed by atoms with Crippen LogP contribution in [-0.4, -0.2) is 17.5 Å². The van der Waals surface area contributed by atoms with Gasteiger partial charge in [-0.15, -0.1) is 0 Å². The van der Waals surface area contributed by atoms with E-state index in [1.54, 1.807) is 0 Å². The van der Waals surface area contributed by atoms with Crippen LogP contribution < -0.4 is 11.1 Å². The van der Waals surface area contributed by atoms with Crippen LogP contribution in [0.25, 0.3) is 0 Å². The Balaban J connectivity index is 1.61. The van der Waals surface area contributed by atoms with Crippen molar-refractivity contribution in [1.82, 2.24) is 5.32 Å². The van der Waals surface area contributed by atoms with E-state index in [0.29, 0.717) is 23.8 Å². The number of carbonyl (C=O) groups excluding carboxylic acids is 1. The fourth-order valence-electron chi connectivity index (χ4n) is 4.68. The molecule has 0 aromatic carbocycles. The van der Waals surface area contributed by atoms with Crippen molar-refractivity contribution in [1.29, 1.82) is 0 Å². The van der Waals surface area contributed by atoms with Crippen molar-refractivity contribution in [2.45, 2.75) is 76.3 Å². The van der Waals surface area contributed by atoms with E-state index in [4.69, 9.17) is 5.73 Å². The van der Waals surface area contributed by atoms with Crippen molar-refractivity contribution in [2.24, 2.45) is 23.5 Å². The first-order chi connectivity index (χ1) is 9.07. The van der Waals surface area contributed by atoms with Gasteiger partial charge in [0.25, 0.3) is 0 Å². The number of hydrogen-bond donors (Lipinski definition) is 2. The van der Waals surface area contributed by atoms with Gasteiger partial charge < -0.3 is 11.1 Å². The van der Waals surface area contributed by atoms with Gasteiger partial charge in [0.15, 0.2) is 0 Å². The zero-order chi connectivity index (χ0) is 13.5. The highest BCUT2D eigenvalue weighted by atomic mass is 16.2. The van der Waals surface area contributed by atoms with Crippen LogP contribution in [0.5, 0.6) is 0 Å². The molecule has 3 N–H and O–H groups in total. The summed E-state index contributed by atoms with van der Waals surface area (Å²) in [5.41, 5.74) is 6.38. The van der Waals surface area contributed by atoms with Crippen LogP contribution in [0.2, 0.25) is 0 Å². The Morgan fingerprint density at radius 1 is 1.11 bits per heavy atom. The molecular weight excluding hydrogens is 236 g/mol. The molecule has 2 atom stereocenters. The van der Waals surface area contributed by atoms with Crippen LogP contribution in [-0.2, 0) is 4.79 Å². The molecule has 3 aliphatic rings. The Hall–Kier alpha value is -0.570. The van der Waals surface area contributed by atoms with Gasteiger partial charge in [-0.3, -0.25) is 4.79 Å². The maximum Gasteiger partial charge on any atom is 0.223 e. The minimum atomic E-state index is 0.0752. The second-order valence-electron chi connectivity index (χ2n) is 7.45. The maximum absolute atomic E-state index is 12.5. The van der Waals surface area contributed by atoms with Crippen LogP contribution in [0, 0.1) is 17.8 Å². The lowest BCUT2D eigenvalue weighted by Crippen LogP contribution is -2.52. The van der Waals surface area contributed by atoms with Gasteiger partial charge in [-0.05, 0) is 57.3 Å². The summed E-state index contributed by atoms with van der Waals surface area (Å²) in [7, 11) is 0. The van der Waals surface area contributed by atoms with Crippen LogP contribution in [0.4, 0.5) is 0 Å². The van der Waals surface area contributed by atoms with E-state index in [0.717, 1.165) is 25.7 Å². The van der Waals surface area contributed by atoms with Gasteiger partial charge in [-0.1, -0.05) is 19.3 Å². The average Bonchev–Trinajstić information content (AvgIpc) is 2.75. The van der Waals surface area contributed by atoms with Crippen molar-refractivity contribution in [3.05, 3.63) is 0 Å². The quantitative estimate of drug-likeness (QED) is 0.805. The van der Waals surface area contributed by atoms with Crippen LogP contribution in [0.3, 0.4) is 0 Å². The number of nitrogens with one attached hydrogen (secondary N) is 1. The third-order valence-electron chi connectivity index (χ3n) is 5.92. The highest BCUT2D eigenvalue weighted by Crippen LogP contribution is 2.42. The molecule has 1 amide bonds. The topological polar surface area (TPSA) is 55.1 Å². The minimum Gasteiger partial charge on any atom is -0.351 e. The predicted molar refractivity (Wildman–Crippen MR) is 76.5 cm³/mol. The van der Waals surface area contributed by atoms with E-state index in [1.807, 2.05) is 0 Å². The molecule has 0 aromatic heterocycles. The molecule has 3 nitrogen and oxygen atoms in total. The number of carbonyl (C=O) groups is 1. The second-order valence-corrected chi connectivity index (χ2v) is 7.45. The molecule has 19 heavy (non-hydrogen) atoms. The lowest BCUT2D eigenvalue weighted by molar-refractivity contribution is -0.129. The first-order valence-corrected chi connectivity index (χ1v) is 8.15. The maximum atomic E-state index is 12.5. The normalized spacial score (nSPS) is 40.9. The van der Waals surface area contributed by atoms with Crippen molar-refractivity contribution < 1.29 is 4.79 Å². The number of nitrogens with two attached hydrogens (primary N) is 1. The third-order valence-corrected chi connectivity index (χ3v) is 5.92. The standard InChI is InChI=1S/C16H28N2O/c1-16(7-2-3-8-16)18-15(19)13-9-11-5-4-6-12(10-13)14(11)17/h11-14H,2-10,17H2,1H3,(H,18,19). The zero-order valence-electron chi connectivity index (χ0n) is 12.2. The Kier molecular flexibility index (Phi) is 3.59. The van der Waals surface area contributed by atoms with Crippen molar-refractivity contribution in [2.75, 3.05) is 0 Å². The van der Waals surface area contributed by atoms with Crippen LogP contribution in [0.15, 0.2) is 0 Å². The Bertz CT molecular complexity index is 335. The van der Waals surface area contributed by atoms with Crippen molar-refractivity contribution >= 4 is 5.91 Å². The lowest BCUT2D eigenvalue weighted by Gasteiger charge is -2.44. The van der Waals surface area contributed by atoms with Crippen molar-refractivity contribution in [3.8, 4) is 0 Å². The van der Waals surface area contributed by atoms with Gasteiger partial charge in [0, 0.05) is 17.5 Å². The number of amides is 1. The van der Waals surface area contributed by atoms with Gasteiger partial charge in [0.1, 0.15) is 0 Å². The van der Waals surface area contributed by atoms with Gasteiger partial charge in [0.2, 0.25) is 5.91 Å². The minimum absolute atomic E-state index is 0.0752. The largest absolute Gasteiger partial charge is 0.351 e. The molecule has 3 aliphatic carbocycles. The van der Waals surface area contributed by atoms with E-state index < -0.39 is 0 Å². The summed E-state index contributed by atoms with van der Waals surface area (Å²) in [5.74, 6) is 1.74. The Morgan fingerprint density at radius 2 is 1.68 bits per heavy atom. The van der Waals surface area contributed by atoms with E-state index in [9.17, 15) is 4.79 Å². The summed E-state index contributed by atoms with van der Waals surface area (Å²) in [6.07, 6.45) is 10.7. The molecular formula is C16H28N2O. The van der Waals surface area contributed by atoms with Gasteiger partial charge in [0.05, 0.1) is 0 Å². The molecule has 108 valence electrons. The highest BCUT2D eigenvalue weighted by molar-refractivity contribution is 5.79. The molecule has 3 saturated carbocycles. The van der Waals surface area contributed by atoms with Crippen LogP contribution >= 0.6 is 0 Å². The average molecular weight is 264 g/mol. The predicted octanol–water partition coefficient (Wildman–Crippen LogP) is 2.59. The summed E-state index contributed by atoms with van der Waals surface area (Å²) in [5, 5.41) is 3.35. The monoisotopic (exact) mass is 264 g/mol. The molecule has 3 fully saturated rings. The summed E-state index contributed by atoms with van der Waals surface area (Å²) >= 11 is 0. The van der Waals surface area contributed by atoms with Crippen molar-refractivity contribution in [3.63, 3.8) is 0 Å². The van der Waals surface area contributed by atoms with Gasteiger partial charge in [-0.25, -0.2) is 0 Å². The molecule has 0 heterocycles. The number of hydrogen-bond acceptors (Lipinski definition) is 2. The van der Waals surface area contributed by atoms with E-state index in [-0.39, 0.29) is 11.5 Å². The molecule has 0 spiro atoms. The molecule has 0 aliphatic heterocycles. The Labute approximate surface area is 116 Å². The van der Waals surface area contributed by atoms with E-state index in [2.05, 4.69) is 12.2 Å². The summed E-state index contributed by atoms with van der Waals surface area (Å²) in [6.45, 7) is 2.22. The first kappa shape index (κ1) is 13.4. The molecule has 3 rings (SSSR count). The second kappa shape index (κ2) is 5.08. The summed E-state index contributed by atoms with van der Waals surface area (Å²) in [6, 6.07) is 0.361. The van der Waals surface area contributed by atoms with Crippen LogP contribution in [0.1, 0.15) is 64.7 Å². The van der Waals surface area contributed by atoms with E-state index in [1.165, 1.54) is 32.1 Å². The Morgan fingerprint density at radius 3 is 2.26 bits per heavy atom. The summed E-state index contributed by atoms with van der Waals surface area (Å²) in [4.78, 5) is 12.5. The molecule has 3 heteroatoms. The SMILES string of the molecule is CC1(NC(=O)C2CC3CCCC(C2)C3N)CCCC1. The van der Waals surface area contributed by atoms with Gasteiger partial charge in [-0.2, -0.15) is 0 Å². The lowest BCUT2D eigenvalue weighted by atomic mass is 9.65. The number of rotatable bonds is 2. The highest BCUT2D eigenvalue weighted by Gasteiger charge is 2.42. The number of fused-ring (bicyclic) bond motifs is 2. The first-order valence-electron chi connectivity index (χ1n) is 8.15. The van der Waals surface area contributed by atoms with E-state index >= 15 is 0 Å². The molecule has 2 bridgehead atoms. The molecule has 2 unspecified atom stereocenters. The fraction of sp³-hybridized carbons (Fsp3) is 0.938. The van der Waals surface area contributed by atoms with Gasteiger partial charge >= 0.3 is 0 Å². The molecule has 0 saturated heterocycles.